The van der Waals surface area contributed by atoms with Crippen LogP contribution in [-0.4, -0.2) is 21.6 Å². The molecular weight excluding hydrogens is 294 g/mol. The van der Waals surface area contributed by atoms with Gasteiger partial charge in [-0.1, -0.05) is 12.1 Å². The Hall–Kier alpha value is -2.14. The molecule has 0 bridgehead atoms. The zero-order chi connectivity index (χ0) is 14.9. The summed E-state index contributed by atoms with van der Waals surface area (Å²) in [5, 5.41) is 14.0. The van der Waals surface area contributed by atoms with Gasteiger partial charge in [-0.15, -0.1) is 11.3 Å². The maximum absolute atomic E-state index is 9.31. The van der Waals surface area contributed by atoms with Crippen LogP contribution in [0.1, 0.15) is 22.4 Å². The van der Waals surface area contributed by atoms with Crippen LogP contribution in [0.5, 0.6) is 5.75 Å². The largest absolute Gasteiger partial charge is 0.508 e. The number of fused-ring (bicyclic) bond motifs is 3. The number of hydrogen-bond donors (Lipinski definition) is 2. The number of anilines is 1. The third-order valence-electron chi connectivity index (χ3n) is 4.14. The zero-order valence-corrected chi connectivity index (χ0v) is 13.0. The highest BCUT2D eigenvalue weighted by Crippen LogP contribution is 2.38. The second-order valence-electron chi connectivity index (χ2n) is 5.60. The number of thiophene rings is 1. The van der Waals surface area contributed by atoms with E-state index in [4.69, 9.17) is 0 Å². The Balaban J connectivity index is 1.53. The first-order valence-corrected chi connectivity index (χ1v) is 8.40. The SMILES string of the molecule is Oc1ccc(CCNc2ncnc3sc4c(c23)CCC4)cc1. The van der Waals surface area contributed by atoms with Crippen molar-refractivity contribution >= 4 is 27.4 Å². The normalized spacial score (nSPS) is 13.5. The molecule has 2 heterocycles. The molecule has 0 amide bonds. The van der Waals surface area contributed by atoms with Crippen molar-refractivity contribution in [2.45, 2.75) is 25.7 Å². The standard InChI is InChI=1S/C17H17N3OS/c21-12-6-4-11(5-7-12)8-9-18-16-15-13-2-1-3-14(13)22-17(15)20-10-19-16/h4-7,10,21H,1-3,8-9H2,(H,18,19,20). The van der Waals surface area contributed by atoms with Gasteiger partial charge in [0, 0.05) is 11.4 Å². The van der Waals surface area contributed by atoms with Gasteiger partial charge in [0.25, 0.3) is 0 Å². The van der Waals surface area contributed by atoms with Crippen LogP contribution in [0.15, 0.2) is 30.6 Å². The van der Waals surface area contributed by atoms with Crippen LogP contribution in [-0.2, 0) is 19.3 Å². The fourth-order valence-electron chi connectivity index (χ4n) is 3.05. The molecule has 0 spiro atoms. The minimum atomic E-state index is 0.308. The molecule has 2 N–H and O–H groups in total. The van der Waals surface area contributed by atoms with E-state index in [0.29, 0.717) is 5.75 Å². The van der Waals surface area contributed by atoms with Crippen molar-refractivity contribution in [3.8, 4) is 5.75 Å². The lowest BCUT2D eigenvalue weighted by atomic mass is 10.1. The van der Waals surface area contributed by atoms with Crippen LogP contribution in [0.2, 0.25) is 0 Å². The average Bonchev–Trinajstić information content (AvgIpc) is 3.10. The molecule has 2 aromatic heterocycles. The second kappa shape index (κ2) is 5.57. The van der Waals surface area contributed by atoms with E-state index in [-0.39, 0.29) is 0 Å². The first-order chi connectivity index (χ1) is 10.8. The van der Waals surface area contributed by atoms with Crippen molar-refractivity contribution in [2.24, 2.45) is 0 Å². The van der Waals surface area contributed by atoms with Crippen LogP contribution in [0, 0.1) is 0 Å². The molecule has 0 radical (unpaired) electrons. The van der Waals surface area contributed by atoms with Crippen LogP contribution in [0.4, 0.5) is 5.82 Å². The lowest BCUT2D eigenvalue weighted by Crippen LogP contribution is -2.07. The van der Waals surface area contributed by atoms with Crippen LogP contribution in [0.3, 0.4) is 0 Å². The Bertz CT molecular complexity index is 811. The van der Waals surface area contributed by atoms with Crippen molar-refractivity contribution in [2.75, 3.05) is 11.9 Å². The van der Waals surface area contributed by atoms with Gasteiger partial charge in [0.15, 0.2) is 0 Å². The first kappa shape index (κ1) is 13.5. The van der Waals surface area contributed by atoms with Gasteiger partial charge in [-0.2, -0.15) is 0 Å². The molecule has 1 aliphatic rings. The number of aromatic nitrogens is 2. The van der Waals surface area contributed by atoms with Gasteiger partial charge in [0.05, 0.1) is 5.39 Å². The summed E-state index contributed by atoms with van der Waals surface area (Å²) in [6.07, 6.45) is 6.13. The molecule has 0 fully saturated rings. The molecule has 1 aromatic carbocycles. The van der Waals surface area contributed by atoms with E-state index < -0.39 is 0 Å². The predicted octanol–water partition coefficient (Wildman–Crippen LogP) is 3.54. The zero-order valence-electron chi connectivity index (χ0n) is 12.2. The molecule has 0 unspecified atom stereocenters. The summed E-state index contributed by atoms with van der Waals surface area (Å²) in [7, 11) is 0. The summed E-state index contributed by atoms with van der Waals surface area (Å²) in [6, 6.07) is 7.36. The molecule has 4 rings (SSSR count). The summed E-state index contributed by atoms with van der Waals surface area (Å²) in [5.41, 5.74) is 2.65. The van der Waals surface area contributed by atoms with Crippen molar-refractivity contribution in [1.29, 1.82) is 0 Å². The monoisotopic (exact) mass is 311 g/mol. The van der Waals surface area contributed by atoms with Crippen LogP contribution in [0.25, 0.3) is 10.2 Å². The Kier molecular flexibility index (Phi) is 3.42. The Morgan fingerprint density at radius 1 is 1.14 bits per heavy atom. The van der Waals surface area contributed by atoms with Gasteiger partial charge in [0.2, 0.25) is 0 Å². The average molecular weight is 311 g/mol. The summed E-state index contributed by atoms with van der Waals surface area (Å²) < 4.78 is 0. The number of aromatic hydroxyl groups is 1. The van der Waals surface area contributed by atoms with E-state index in [0.717, 1.165) is 30.0 Å². The maximum atomic E-state index is 9.31. The highest BCUT2D eigenvalue weighted by atomic mass is 32.1. The molecule has 4 nitrogen and oxygen atoms in total. The van der Waals surface area contributed by atoms with Crippen molar-refractivity contribution in [1.82, 2.24) is 9.97 Å². The molecule has 0 saturated heterocycles. The molecule has 112 valence electrons. The van der Waals surface area contributed by atoms with E-state index in [9.17, 15) is 5.11 Å². The quantitative estimate of drug-likeness (QED) is 0.774. The van der Waals surface area contributed by atoms with E-state index in [1.54, 1.807) is 18.5 Å². The molecule has 5 heteroatoms. The van der Waals surface area contributed by atoms with Gasteiger partial charge >= 0.3 is 0 Å². The van der Waals surface area contributed by atoms with E-state index in [1.165, 1.54) is 34.2 Å². The number of aryl methyl sites for hydroxylation is 2. The van der Waals surface area contributed by atoms with Crippen molar-refractivity contribution in [3.63, 3.8) is 0 Å². The molecule has 0 atom stereocenters. The molecule has 1 aliphatic carbocycles. The summed E-state index contributed by atoms with van der Waals surface area (Å²) >= 11 is 1.81. The van der Waals surface area contributed by atoms with Gasteiger partial charge in [-0.3, -0.25) is 0 Å². The number of nitrogens with zero attached hydrogens (tertiary/aromatic N) is 2. The summed E-state index contributed by atoms with van der Waals surface area (Å²) in [4.78, 5) is 11.5. The Morgan fingerprint density at radius 2 is 2.00 bits per heavy atom. The van der Waals surface area contributed by atoms with Gasteiger partial charge in [0.1, 0.15) is 22.7 Å². The Labute approximate surface area is 132 Å². The molecular formula is C17H17N3OS. The lowest BCUT2D eigenvalue weighted by molar-refractivity contribution is 0.475. The highest BCUT2D eigenvalue weighted by molar-refractivity contribution is 7.19. The van der Waals surface area contributed by atoms with Gasteiger partial charge in [-0.25, -0.2) is 9.97 Å². The molecule has 0 aliphatic heterocycles. The van der Waals surface area contributed by atoms with Crippen molar-refractivity contribution < 1.29 is 5.11 Å². The summed E-state index contributed by atoms with van der Waals surface area (Å²) in [5.74, 6) is 1.27. The number of rotatable bonds is 4. The maximum Gasteiger partial charge on any atom is 0.138 e. The lowest BCUT2D eigenvalue weighted by Gasteiger charge is -2.08. The van der Waals surface area contributed by atoms with E-state index in [2.05, 4.69) is 15.3 Å². The van der Waals surface area contributed by atoms with Gasteiger partial charge < -0.3 is 10.4 Å². The molecule has 3 aromatic rings. The fourth-order valence-corrected chi connectivity index (χ4v) is 4.28. The van der Waals surface area contributed by atoms with E-state index >= 15 is 0 Å². The third kappa shape index (κ3) is 2.41. The number of nitrogens with one attached hydrogen (secondary N) is 1. The van der Waals surface area contributed by atoms with Crippen molar-refractivity contribution in [3.05, 3.63) is 46.6 Å². The van der Waals surface area contributed by atoms with E-state index in [1.807, 2.05) is 23.5 Å². The third-order valence-corrected chi connectivity index (χ3v) is 5.34. The number of phenolic OH excluding ortho intramolecular Hbond substituents is 1. The predicted molar refractivity (Wildman–Crippen MR) is 89.7 cm³/mol. The van der Waals surface area contributed by atoms with Gasteiger partial charge in [-0.05, 0) is 48.9 Å². The number of phenols is 1. The highest BCUT2D eigenvalue weighted by Gasteiger charge is 2.20. The van der Waals surface area contributed by atoms with Crippen LogP contribution >= 0.6 is 11.3 Å². The minimum Gasteiger partial charge on any atom is -0.508 e. The van der Waals surface area contributed by atoms with Crippen LogP contribution < -0.4 is 5.32 Å². The number of hydrogen-bond acceptors (Lipinski definition) is 5. The fraction of sp³-hybridized carbons (Fsp3) is 0.294. The Morgan fingerprint density at radius 3 is 2.86 bits per heavy atom. The molecule has 22 heavy (non-hydrogen) atoms. The first-order valence-electron chi connectivity index (χ1n) is 7.58. The molecule has 0 saturated carbocycles. The summed E-state index contributed by atoms with van der Waals surface area (Å²) in [6.45, 7) is 0.821. The topological polar surface area (TPSA) is 58.0 Å². The number of benzene rings is 1. The smallest absolute Gasteiger partial charge is 0.138 e. The second-order valence-corrected chi connectivity index (χ2v) is 6.69. The minimum absolute atomic E-state index is 0.308.